The van der Waals surface area contributed by atoms with Crippen LogP contribution in [0, 0.1) is 0 Å². The zero-order valence-corrected chi connectivity index (χ0v) is 10.9. The molecule has 1 unspecified atom stereocenters. The van der Waals surface area contributed by atoms with Gasteiger partial charge in [-0.1, -0.05) is 28.1 Å². The lowest BCUT2D eigenvalue weighted by Gasteiger charge is -2.22. The van der Waals surface area contributed by atoms with Crippen molar-refractivity contribution in [1.82, 2.24) is 10.6 Å². The van der Waals surface area contributed by atoms with E-state index < -0.39 is 0 Å². The predicted octanol–water partition coefficient (Wildman–Crippen LogP) is 2.61. The molecule has 2 N–H and O–H groups in total. The van der Waals surface area contributed by atoms with Gasteiger partial charge in [0.05, 0.1) is 0 Å². The predicted molar refractivity (Wildman–Crippen MR) is 69.5 cm³/mol. The molecule has 1 saturated carbocycles. The van der Waals surface area contributed by atoms with Gasteiger partial charge in [-0.05, 0) is 42.9 Å². The van der Waals surface area contributed by atoms with Crippen molar-refractivity contribution in [1.29, 1.82) is 0 Å². The second kappa shape index (κ2) is 4.13. The summed E-state index contributed by atoms with van der Waals surface area (Å²) in [5.74, 6) is 0.737. The molecule has 1 spiro atoms. The highest BCUT2D eigenvalue weighted by molar-refractivity contribution is 9.10. The van der Waals surface area contributed by atoms with E-state index in [2.05, 4.69) is 50.8 Å². The van der Waals surface area contributed by atoms with Crippen LogP contribution in [0.5, 0.6) is 0 Å². The van der Waals surface area contributed by atoms with Crippen molar-refractivity contribution in [3.63, 3.8) is 0 Å². The standard InChI is InChI=1S/C13H17BrN2/c14-12-3-1-10(2-4-12)11-5-6-13(7-11)8-15-9-16-13/h1-4,11,15-16H,5-9H2/t11-,13?/m1/s1. The van der Waals surface area contributed by atoms with Crippen molar-refractivity contribution in [2.24, 2.45) is 0 Å². The minimum absolute atomic E-state index is 0.387. The van der Waals surface area contributed by atoms with Gasteiger partial charge in [0.15, 0.2) is 0 Å². The molecule has 16 heavy (non-hydrogen) atoms. The molecule has 86 valence electrons. The van der Waals surface area contributed by atoms with Crippen molar-refractivity contribution in [3.05, 3.63) is 34.3 Å². The quantitative estimate of drug-likeness (QED) is 0.827. The molecule has 1 aliphatic carbocycles. The average molecular weight is 281 g/mol. The monoisotopic (exact) mass is 280 g/mol. The largest absolute Gasteiger partial charge is 0.303 e. The fourth-order valence-corrected chi connectivity index (χ4v) is 3.35. The maximum Gasteiger partial charge on any atom is 0.0459 e. The summed E-state index contributed by atoms with van der Waals surface area (Å²) in [5.41, 5.74) is 1.88. The maximum absolute atomic E-state index is 3.62. The van der Waals surface area contributed by atoms with Crippen LogP contribution in [0.3, 0.4) is 0 Å². The Labute approximate surface area is 105 Å². The highest BCUT2D eigenvalue weighted by Crippen LogP contribution is 2.41. The number of halogens is 1. The molecule has 3 rings (SSSR count). The van der Waals surface area contributed by atoms with Gasteiger partial charge in [-0.15, -0.1) is 0 Å². The van der Waals surface area contributed by atoms with Crippen LogP contribution in [0.2, 0.25) is 0 Å². The summed E-state index contributed by atoms with van der Waals surface area (Å²) in [6.07, 6.45) is 3.90. The molecular formula is C13H17BrN2. The van der Waals surface area contributed by atoms with Gasteiger partial charge >= 0.3 is 0 Å². The minimum Gasteiger partial charge on any atom is -0.303 e. The number of hydrogen-bond donors (Lipinski definition) is 2. The van der Waals surface area contributed by atoms with Crippen molar-refractivity contribution < 1.29 is 0 Å². The van der Waals surface area contributed by atoms with Crippen molar-refractivity contribution in [2.45, 2.75) is 30.7 Å². The molecule has 3 heteroatoms. The Morgan fingerprint density at radius 3 is 2.75 bits per heavy atom. The van der Waals surface area contributed by atoms with Crippen LogP contribution in [0.1, 0.15) is 30.7 Å². The van der Waals surface area contributed by atoms with E-state index in [-0.39, 0.29) is 0 Å². The molecule has 1 aromatic carbocycles. The molecule has 2 fully saturated rings. The lowest BCUT2D eigenvalue weighted by atomic mass is 9.93. The molecule has 0 amide bonds. The van der Waals surface area contributed by atoms with Crippen LogP contribution in [0.25, 0.3) is 0 Å². The van der Waals surface area contributed by atoms with E-state index in [1.54, 1.807) is 0 Å². The number of nitrogens with one attached hydrogen (secondary N) is 2. The molecule has 1 heterocycles. The molecule has 0 aromatic heterocycles. The van der Waals surface area contributed by atoms with Crippen LogP contribution < -0.4 is 10.6 Å². The van der Waals surface area contributed by atoms with Crippen molar-refractivity contribution in [3.8, 4) is 0 Å². The Morgan fingerprint density at radius 1 is 1.25 bits per heavy atom. The Hall–Kier alpha value is -0.380. The molecule has 2 nitrogen and oxygen atoms in total. The lowest BCUT2D eigenvalue weighted by molar-refractivity contribution is 0.406. The summed E-state index contributed by atoms with van der Waals surface area (Å²) in [5, 5.41) is 7.04. The normalized spacial score (nSPS) is 33.7. The van der Waals surface area contributed by atoms with Crippen LogP contribution in [0.15, 0.2) is 28.7 Å². The molecule has 0 radical (unpaired) electrons. The highest BCUT2D eigenvalue weighted by Gasteiger charge is 2.41. The van der Waals surface area contributed by atoms with E-state index >= 15 is 0 Å². The van der Waals surface area contributed by atoms with Crippen LogP contribution >= 0.6 is 15.9 Å². The van der Waals surface area contributed by atoms with E-state index in [0.717, 1.165) is 19.1 Å². The van der Waals surface area contributed by atoms with E-state index in [1.807, 2.05) is 0 Å². The average Bonchev–Trinajstić information content (AvgIpc) is 2.91. The fraction of sp³-hybridized carbons (Fsp3) is 0.538. The second-order valence-electron chi connectivity index (χ2n) is 5.05. The summed E-state index contributed by atoms with van der Waals surface area (Å²) >= 11 is 3.49. The van der Waals surface area contributed by atoms with Crippen LogP contribution in [-0.2, 0) is 0 Å². The fourth-order valence-electron chi connectivity index (χ4n) is 3.08. The number of hydrogen-bond acceptors (Lipinski definition) is 2. The van der Waals surface area contributed by atoms with Gasteiger partial charge in [-0.2, -0.15) is 0 Å². The first-order valence-electron chi connectivity index (χ1n) is 5.99. The van der Waals surface area contributed by atoms with Crippen LogP contribution in [-0.4, -0.2) is 18.8 Å². The van der Waals surface area contributed by atoms with E-state index in [9.17, 15) is 0 Å². The first-order chi connectivity index (χ1) is 7.77. The third-order valence-corrected chi connectivity index (χ3v) is 4.53. The smallest absolute Gasteiger partial charge is 0.0459 e. The summed E-state index contributed by atoms with van der Waals surface area (Å²) in [7, 11) is 0. The van der Waals surface area contributed by atoms with Gasteiger partial charge in [0.1, 0.15) is 0 Å². The maximum atomic E-state index is 3.62. The molecule has 0 bridgehead atoms. The Bertz CT molecular complexity index is 368. The van der Waals surface area contributed by atoms with Gasteiger partial charge in [0, 0.05) is 23.2 Å². The van der Waals surface area contributed by atoms with E-state index in [1.165, 1.54) is 29.3 Å². The summed E-state index contributed by atoms with van der Waals surface area (Å²) < 4.78 is 1.17. The summed E-state index contributed by atoms with van der Waals surface area (Å²) in [6, 6.07) is 8.83. The Morgan fingerprint density at radius 2 is 2.06 bits per heavy atom. The molecule has 1 saturated heterocycles. The highest BCUT2D eigenvalue weighted by atomic mass is 79.9. The summed E-state index contributed by atoms with van der Waals surface area (Å²) in [6.45, 7) is 2.12. The molecule has 2 aliphatic rings. The number of rotatable bonds is 1. The van der Waals surface area contributed by atoms with E-state index in [4.69, 9.17) is 0 Å². The summed E-state index contributed by atoms with van der Waals surface area (Å²) in [4.78, 5) is 0. The zero-order chi connectivity index (χ0) is 11.0. The van der Waals surface area contributed by atoms with Gasteiger partial charge in [-0.25, -0.2) is 0 Å². The van der Waals surface area contributed by atoms with Crippen LogP contribution in [0.4, 0.5) is 0 Å². The van der Waals surface area contributed by atoms with Gasteiger partial charge in [-0.3, -0.25) is 5.32 Å². The van der Waals surface area contributed by atoms with Crippen molar-refractivity contribution >= 4 is 15.9 Å². The first kappa shape index (κ1) is 10.8. The topological polar surface area (TPSA) is 24.1 Å². The van der Waals surface area contributed by atoms with Gasteiger partial charge < -0.3 is 5.32 Å². The van der Waals surface area contributed by atoms with Gasteiger partial charge in [0.25, 0.3) is 0 Å². The van der Waals surface area contributed by atoms with Gasteiger partial charge in [0.2, 0.25) is 0 Å². The Kier molecular flexibility index (Phi) is 2.78. The Balaban J connectivity index is 1.75. The first-order valence-corrected chi connectivity index (χ1v) is 6.78. The number of benzene rings is 1. The SMILES string of the molecule is Brc1ccc([C@@H]2CCC3(CNCN3)C2)cc1. The molecule has 1 aromatic rings. The zero-order valence-electron chi connectivity index (χ0n) is 9.30. The molecular weight excluding hydrogens is 264 g/mol. The molecule has 1 aliphatic heterocycles. The van der Waals surface area contributed by atoms with E-state index in [0.29, 0.717) is 5.54 Å². The third-order valence-electron chi connectivity index (χ3n) is 4.00. The van der Waals surface area contributed by atoms with Crippen molar-refractivity contribution in [2.75, 3.05) is 13.2 Å². The minimum atomic E-state index is 0.387. The lowest BCUT2D eigenvalue weighted by Crippen LogP contribution is -2.39. The third kappa shape index (κ3) is 1.92. The molecule has 2 atom stereocenters. The second-order valence-corrected chi connectivity index (χ2v) is 5.97.